The molecule has 0 fully saturated rings. The molecule has 106 valence electrons. The normalized spacial score (nSPS) is 12.2. The highest BCUT2D eigenvalue weighted by molar-refractivity contribution is 9.10. The molecule has 5 heteroatoms. The van der Waals surface area contributed by atoms with Crippen LogP contribution in [-0.2, 0) is 6.54 Å². The molecule has 0 saturated carbocycles. The predicted octanol–water partition coefficient (Wildman–Crippen LogP) is 3.72. The Labute approximate surface area is 131 Å². The minimum absolute atomic E-state index is 0.0543. The van der Waals surface area contributed by atoms with Crippen LogP contribution in [0, 0.1) is 0 Å². The maximum Gasteiger partial charge on any atom is 0.251 e. The SMILES string of the molecule is CNC(=O)c1ccc(CNC(C)c2cc(Br)cs2)cc1. The van der Waals surface area contributed by atoms with Gasteiger partial charge >= 0.3 is 0 Å². The second kappa shape index (κ2) is 7.02. The largest absolute Gasteiger partial charge is 0.355 e. The molecule has 3 nitrogen and oxygen atoms in total. The number of hydrogen-bond donors (Lipinski definition) is 2. The molecular formula is C15H17BrN2OS. The first-order chi connectivity index (χ1) is 9.60. The van der Waals surface area contributed by atoms with E-state index < -0.39 is 0 Å². The van der Waals surface area contributed by atoms with Crippen LogP contribution in [0.5, 0.6) is 0 Å². The summed E-state index contributed by atoms with van der Waals surface area (Å²) in [6, 6.07) is 10.1. The number of rotatable bonds is 5. The average Bonchev–Trinajstić information content (AvgIpc) is 2.91. The van der Waals surface area contributed by atoms with Crippen LogP contribution in [0.1, 0.15) is 33.8 Å². The number of hydrogen-bond acceptors (Lipinski definition) is 3. The molecule has 2 aromatic rings. The van der Waals surface area contributed by atoms with Crippen LogP contribution in [-0.4, -0.2) is 13.0 Å². The van der Waals surface area contributed by atoms with Gasteiger partial charge in [0.25, 0.3) is 5.91 Å². The number of nitrogens with one attached hydrogen (secondary N) is 2. The maximum absolute atomic E-state index is 11.4. The molecule has 20 heavy (non-hydrogen) atoms. The third-order valence-electron chi connectivity index (χ3n) is 3.07. The Morgan fingerprint density at radius 1 is 1.35 bits per heavy atom. The lowest BCUT2D eigenvalue weighted by Crippen LogP contribution is -2.19. The molecule has 0 radical (unpaired) electrons. The van der Waals surface area contributed by atoms with Gasteiger partial charge in [0.1, 0.15) is 0 Å². The lowest BCUT2D eigenvalue weighted by Gasteiger charge is -2.12. The van der Waals surface area contributed by atoms with Crippen molar-refractivity contribution < 1.29 is 4.79 Å². The van der Waals surface area contributed by atoms with Crippen LogP contribution in [0.3, 0.4) is 0 Å². The quantitative estimate of drug-likeness (QED) is 0.860. The molecule has 1 heterocycles. The third kappa shape index (κ3) is 3.91. The Bertz CT molecular complexity index is 580. The number of amides is 1. The summed E-state index contributed by atoms with van der Waals surface area (Å²) < 4.78 is 1.13. The van der Waals surface area contributed by atoms with Gasteiger partial charge in [-0.3, -0.25) is 4.79 Å². The summed E-state index contributed by atoms with van der Waals surface area (Å²) >= 11 is 5.21. The third-order valence-corrected chi connectivity index (χ3v) is 4.95. The van der Waals surface area contributed by atoms with Crippen molar-refractivity contribution in [2.24, 2.45) is 0 Å². The monoisotopic (exact) mass is 352 g/mol. The van der Waals surface area contributed by atoms with Gasteiger partial charge in [0.15, 0.2) is 0 Å². The van der Waals surface area contributed by atoms with Crippen molar-refractivity contribution in [3.63, 3.8) is 0 Å². The van der Waals surface area contributed by atoms with Crippen molar-refractivity contribution in [2.75, 3.05) is 7.05 Å². The number of carbonyl (C=O) groups excluding carboxylic acids is 1. The van der Waals surface area contributed by atoms with E-state index in [1.165, 1.54) is 10.4 Å². The highest BCUT2D eigenvalue weighted by Gasteiger charge is 2.08. The summed E-state index contributed by atoms with van der Waals surface area (Å²) in [7, 11) is 1.64. The molecule has 2 rings (SSSR count). The van der Waals surface area contributed by atoms with Gasteiger partial charge in [-0.25, -0.2) is 0 Å². The van der Waals surface area contributed by atoms with E-state index in [1.54, 1.807) is 18.4 Å². The van der Waals surface area contributed by atoms with E-state index in [4.69, 9.17) is 0 Å². The van der Waals surface area contributed by atoms with Crippen molar-refractivity contribution >= 4 is 33.2 Å². The summed E-state index contributed by atoms with van der Waals surface area (Å²) in [4.78, 5) is 12.8. The first-order valence-corrected chi connectivity index (χ1v) is 8.05. The molecule has 1 aromatic heterocycles. The average molecular weight is 353 g/mol. The summed E-state index contributed by atoms with van der Waals surface area (Å²) in [5.41, 5.74) is 1.85. The van der Waals surface area contributed by atoms with E-state index in [9.17, 15) is 4.79 Å². The minimum atomic E-state index is -0.0543. The highest BCUT2D eigenvalue weighted by atomic mass is 79.9. The van der Waals surface area contributed by atoms with Crippen molar-refractivity contribution in [1.29, 1.82) is 0 Å². The fraction of sp³-hybridized carbons (Fsp3) is 0.267. The summed E-state index contributed by atoms with van der Waals surface area (Å²) in [5, 5.41) is 8.19. The van der Waals surface area contributed by atoms with Gasteiger partial charge in [0.05, 0.1) is 0 Å². The number of benzene rings is 1. The van der Waals surface area contributed by atoms with Crippen LogP contribution >= 0.6 is 27.3 Å². The number of carbonyl (C=O) groups is 1. The Kier molecular flexibility index (Phi) is 5.34. The maximum atomic E-state index is 11.4. The highest BCUT2D eigenvalue weighted by Crippen LogP contribution is 2.25. The van der Waals surface area contributed by atoms with Gasteiger partial charge in [-0.15, -0.1) is 11.3 Å². The van der Waals surface area contributed by atoms with Gasteiger partial charge < -0.3 is 10.6 Å². The summed E-state index contributed by atoms with van der Waals surface area (Å²) in [5.74, 6) is -0.0543. The molecule has 0 aliphatic rings. The van der Waals surface area contributed by atoms with Gasteiger partial charge in [-0.1, -0.05) is 12.1 Å². The number of halogens is 1. The van der Waals surface area contributed by atoms with Crippen molar-refractivity contribution in [3.8, 4) is 0 Å². The first-order valence-electron chi connectivity index (χ1n) is 6.38. The fourth-order valence-corrected chi connectivity index (χ4v) is 3.32. The predicted molar refractivity (Wildman–Crippen MR) is 87.1 cm³/mol. The van der Waals surface area contributed by atoms with E-state index in [-0.39, 0.29) is 5.91 Å². The van der Waals surface area contributed by atoms with Crippen LogP contribution in [0.4, 0.5) is 0 Å². The smallest absolute Gasteiger partial charge is 0.251 e. The molecule has 1 unspecified atom stereocenters. The van der Waals surface area contributed by atoms with Crippen LogP contribution in [0.25, 0.3) is 0 Å². The molecule has 1 amide bonds. The molecule has 1 atom stereocenters. The summed E-state index contributed by atoms with van der Waals surface area (Å²) in [6.45, 7) is 2.93. The molecule has 0 aliphatic heterocycles. The lowest BCUT2D eigenvalue weighted by atomic mass is 10.1. The van der Waals surface area contributed by atoms with Gasteiger partial charge in [-0.05, 0) is 46.6 Å². The van der Waals surface area contributed by atoms with Gasteiger partial charge in [-0.2, -0.15) is 0 Å². The zero-order chi connectivity index (χ0) is 14.5. The molecule has 0 saturated heterocycles. The molecular weight excluding hydrogens is 336 g/mol. The van der Waals surface area contributed by atoms with Crippen LogP contribution < -0.4 is 10.6 Å². The zero-order valence-corrected chi connectivity index (χ0v) is 13.8. The molecule has 0 bridgehead atoms. The lowest BCUT2D eigenvalue weighted by molar-refractivity contribution is 0.0963. The van der Waals surface area contributed by atoms with E-state index >= 15 is 0 Å². The zero-order valence-electron chi connectivity index (χ0n) is 11.4. The Morgan fingerprint density at radius 3 is 2.60 bits per heavy atom. The fourth-order valence-electron chi connectivity index (χ4n) is 1.85. The molecule has 1 aromatic carbocycles. The van der Waals surface area contributed by atoms with Crippen molar-refractivity contribution in [2.45, 2.75) is 19.5 Å². The number of thiophene rings is 1. The van der Waals surface area contributed by atoms with E-state index in [0.717, 1.165) is 11.0 Å². The molecule has 0 spiro atoms. The minimum Gasteiger partial charge on any atom is -0.355 e. The van der Waals surface area contributed by atoms with Crippen LogP contribution in [0.15, 0.2) is 40.2 Å². The first kappa shape index (κ1) is 15.2. The second-order valence-corrected chi connectivity index (χ2v) is 6.40. The van der Waals surface area contributed by atoms with Crippen LogP contribution in [0.2, 0.25) is 0 Å². The van der Waals surface area contributed by atoms with Gasteiger partial charge in [0.2, 0.25) is 0 Å². The molecule has 2 N–H and O–H groups in total. The Hall–Kier alpha value is -1.17. The van der Waals surface area contributed by atoms with Crippen molar-refractivity contribution in [1.82, 2.24) is 10.6 Å². The van der Waals surface area contributed by atoms with Gasteiger partial charge in [0, 0.05) is 39.9 Å². The van der Waals surface area contributed by atoms with E-state index in [2.05, 4.69) is 44.9 Å². The standard InChI is InChI=1S/C15H17BrN2OS/c1-10(14-7-13(16)9-20-14)18-8-11-3-5-12(6-4-11)15(19)17-2/h3-7,9-10,18H,8H2,1-2H3,(H,17,19). The summed E-state index contributed by atoms with van der Waals surface area (Å²) in [6.07, 6.45) is 0. The Balaban J connectivity index is 1.92. The Morgan fingerprint density at radius 2 is 2.05 bits per heavy atom. The van der Waals surface area contributed by atoms with Crippen molar-refractivity contribution in [3.05, 3.63) is 56.2 Å². The second-order valence-electron chi connectivity index (χ2n) is 4.55. The van der Waals surface area contributed by atoms with E-state index in [1.807, 2.05) is 24.3 Å². The van der Waals surface area contributed by atoms with E-state index in [0.29, 0.717) is 11.6 Å². The molecule has 0 aliphatic carbocycles. The topological polar surface area (TPSA) is 41.1 Å².